The number of carbonyl (C=O) groups is 1. The van der Waals surface area contributed by atoms with Crippen molar-refractivity contribution < 1.29 is 23.1 Å². The number of hydrogen-bond acceptors (Lipinski definition) is 6. The summed E-state index contributed by atoms with van der Waals surface area (Å²) < 4.78 is 32.3. The summed E-state index contributed by atoms with van der Waals surface area (Å²) in [4.78, 5) is 12.2. The van der Waals surface area contributed by atoms with Gasteiger partial charge in [-0.1, -0.05) is 66.2 Å². The van der Waals surface area contributed by atoms with Crippen LogP contribution in [-0.4, -0.2) is 32.5 Å². The fourth-order valence-corrected chi connectivity index (χ4v) is 5.67. The van der Waals surface area contributed by atoms with Crippen molar-refractivity contribution in [2.75, 3.05) is 13.1 Å². The molecule has 0 aromatic heterocycles. The highest BCUT2D eigenvalue weighted by molar-refractivity contribution is 7.91. The fraction of sp³-hybridized carbons (Fsp3) is 0.194. The lowest BCUT2D eigenvalue weighted by Gasteiger charge is -2.13. The van der Waals surface area contributed by atoms with Crippen molar-refractivity contribution in [3.8, 4) is 5.75 Å². The zero-order valence-corrected chi connectivity index (χ0v) is 23.4. The van der Waals surface area contributed by atoms with Gasteiger partial charge in [-0.15, -0.1) is 0 Å². The van der Waals surface area contributed by atoms with E-state index in [4.69, 9.17) is 22.1 Å². The van der Waals surface area contributed by atoms with Gasteiger partial charge in [-0.2, -0.15) is 0 Å². The van der Waals surface area contributed by atoms with Crippen LogP contribution in [0.4, 0.5) is 0 Å². The van der Waals surface area contributed by atoms with E-state index in [0.717, 1.165) is 29.5 Å². The Balaban J connectivity index is 1.33. The number of carbonyl (C=O) groups excluding carboxylic acids is 1. The average Bonchev–Trinajstić information content (AvgIpc) is 2.96. The molecule has 9 heteroatoms. The van der Waals surface area contributed by atoms with Crippen LogP contribution in [0, 0.1) is 0 Å². The minimum Gasteiger partial charge on any atom is -0.488 e. The molecule has 0 aliphatic carbocycles. The molecule has 0 spiro atoms. The Morgan fingerprint density at radius 1 is 0.900 bits per heavy atom. The lowest BCUT2D eigenvalue weighted by Crippen LogP contribution is -2.22. The van der Waals surface area contributed by atoms with E-state index in [1.165, 1.54) is 18.2 Å². The third-order valence-corrected chi connectivity index (χ3v) is 8.39. The van der Waals surface area contributed by atoms with Crippen molar-refractivity contribution in [2.24, 2.45) is 5.73 Å². The number of rotatable bonds is 13. The molecule has 0 unspecified atom stereocenters. The van der Waals surface area contributed by atoms with Gasteiger partial charge in [0.25, 0.3) is 5.91 Å². The SMILES string of the molecule is NC(=O)c1cc(S(=O)(=O)c2ccc(CCCNC[C@H](O)c3cccc(Cl)c3)cc2)ccc1OCc1ccccc1. The number of sulfone groups is 1. The number of aliphatic hydroxyl groups is 1. The molecule has 4 rings (SSSR count). The van der Waals surface area contributed by atoms with Crippen LogP contribution in [-0.2, 0) is 22.9 Å². The van der Waals surface area contributed by atoms with Crippen molar-refractivity contribution in [3.05, 3.63) is 124 Å². The number of aryl methyl sites for hydroxylation is 1. The van der Waals surface area contributed by atoms with E-state index < -0.39 is 21.8 Å². The summed E-state index contributed by atoms with van der Waals surface area (Å²) >= 11 is 5.98. The molecule has 4 aromatic rings. The predicted octanol–water partition coefficient (Wildman–Crippen LogP) is 5.11. The third kappa shape index (κ3) is 7.70. The molecule has 1 atom stereocenters. The van der Waals surface area contributed by atoms with Gasteiger partial charge in [0.1, 0.15) is 12.4 Å². The van der Waals surface area contributed by atoms with E-state index >= 15 is 0 Å². The first-order valence-corrected chi connectivity index (χ1v) is 14.7. The van der Waals surface area contributed by atoms with Gasteiger partial charge < -0.3 is 20.9 Å². The molecule has 0 heterocycles. The van der Waals surface area contributed by atoms with Gasteiger partial charge in [0.15, 0.2) is 0 Å². The number of hydrogen-bond donors (Lipinski definition) is 3. The standard InChI is InChI=1S/C31H31ClN2O5S/c32-25-10-4-9-24(18-25)29(35)20-34-17-5-8-22-11-13-26(14-12-22)40(37,38)27-15-16-30(28(19-27)31(33)36)39-21-23-6-2-1-3-7-23/h1-4,6-7,9-16,18-19,29,34-35H,5,8,17,20-21H2,(H2,33,36)/t29-/m0/s1. The second kappa shape index (κ2) is 13.6. The van der Waals surface area contributed by atoms with Crippen molar-refractivity contribution in [1.29, 1.82) is 0 Å². The Labute approximate surface area is 239 Å². The van der Waals surface area contributed by atoms with E-state index in [0.29, 0.717) is 18.1 Å². The number of aliphatic hydroxyl groups excluding tert-OH is 1. The molecule has 0 bridgehead atoms. The zero-order valence-electron chi connectivity index (χ0n) is 21.8. The van der Waals surface area contributed by atoms with E-state index in [9.17, 15) is 18.3 Å². The minimum atomic E-state index is -3.88. The van der Waals surface area contributed by atoms with Gasteiger partial charge in [-0.25, -0.2) is 8.42 Å². The van der Waals surface area contributed by atoms with Crippen LogP contribution in [0.2, 0.25) is 5.02 Å². The number of nitrogens with two attached hydrogens (primary N) is 1. The van der Waals surface area contributed by atoms with Crippen molar-refractivity contribution in [1.82, 2.24) is 5.32 Å². The number of halogens is 1. The highest BCUT2D eigenvalue weighted by Crippen LogP contribution is 2.28. The molecule has 4 aromatic carbocycles. The largest absolute Gasteiger partial charge is 0.488 e. The molecule has 7 nitrogen and oxygen atoms in total. The number of nitrogens with one attached hydrogen (secondary N) is 1. The Morgan fingerprint density at radius 3 is 2.33 bits per heavy atom. The average molecular weight is 579 g/mol. The van der Waals surface area contributed by atoms with E-state index in [1.807, 2.05) is 36.4 Å². The molecular weight excluding hydrogens is 548 g/mol. The Morgan fingerprint density at radius 2 is 1.62 bits per heavy atom. The first kappa shape index (κ1) is 29.3. The molecule has 0 saturated carbocycles. The second-order valence-corrected chi connectivity index (χ2v) is 11.7. The van der Waals surface area contributed by atoms with E-state index in [-0.39, 0.29) is 27.7 Å². The molecule has 0 saturated heterocycles. The third-order valence-electron chi connectivity index (χ3n) is 6.39. The lowest BCUT2D eigenvalue weighted by molar-refractivity contribution is 0.0995. The van der Waals surface area contributed by atoms with Gasteiger partial charge in [0.2, 0.25) is 9.84 Å². The van der Waals surface area contributed by atoms with Crippen LogP contribution < -0.4 is 15.8 Å². The number of benzene rings is 4. The first-order valence-electron chi connectivity index (χ1n) is 12.8. The number of primary amides is 1. The zero-order chi connectivity index (χ0) is 28.5. The maximum atomic E-state index is 13.3. The van der Waals surface area contributed by atoms with Crippen LogP contribution in [0.5, 0.6) is 5.75 Å². The molecule has 208 valence electrons. The lowest BCUT2D eigenvalue weighted by atomic mass is 10.1. The molecule has 0 fully saturated rings. The van der Waals surface area contributed by atoms with Crippen LogP contribution in [0.3, 0.4) is 0 Å². The molecule has 0 radical (unpaired) electrons. The van der Waals surface area contributed by atoms with Gasteiger partial charge in [-0.05, 0) is 78.5 Å². The maximum absolute atomic E-state index is 13.3. The summed E-state index contributed by atoms with van der Waals surface area (Å²) in [6, 6.07) is 27.4. The Hall–Kier alpha value is -3.69. The van der Waals surface area contributed by atoms with Crippen molar-refractivity contribution >= 4 is 27.3 Å². The minimum absolute atomic E-state index is 0.00149. The molecule has 0 aliphatic rings. The van der Waals surface area contributed by atoms with Gasteiger partial charge in [0, 0.05) is 11.6 Å². The smallest absolute Gasteiger partial charge is 0.252 e. The normalized spacial score (nSPS) is 12.2. The van der Waals surface area contributed by atoms with Crippen LogP contribution >= 0.6 is 11.6 Å². The quantitative estimate of drug-likeness (QED) is 0.190. The Kier molecular flexibility index (Phi) is 9.95. The van der Waals surface area contributed by atoms with Crippen molar-refractivity contribution in [2.45, 2.75) is 35.3 Å². The summed E-state index contributed by atoms with van der Waals surface area (Å²) in [5.74, 6) is -0.552. The summed E-state index contributed by atoms with van der Waals surface area (Å²) in [7, 11) is -3.88. The topological polar surface area (TPSA) is 119 Å². The van der Waals surface area contributed by atoms with Gasteiger partial charge in [0.05, 0.1) is 21.5 Å². The maximum Gasteiger partial charge on any atom is 0.252 e. The first-order chi connectivity index (χ1) is 19.2. The van der Waals surface area contributed by atoms with E-state index in [1.54, 1.807) is 42.5 Å². The highest BCUT2D eigenvalue weighted by atomic mass is 35.5. The molecule has 0 aliphatic heterocycles. The summed E-state index contributed by atoms with van der Waals surface area (Å²) in [5.41, 5.74) is 8.18. The van der Waals surface area contributed by atoms with E-state index in [2.05, 4.69) is 5.32 Å². The number of amides is 1. The summed E-state index contributed by atoms with van der Waals surface area (Å²) in [6.07, 6.45) is 0.892. The summed E-state index contributed by atoms with van der Waals surface area (Å²) in [5, 5.41) is 14.1. The monoisotopic (exact) mass is 578 g/mol. The predicted molar refractivity (Wildman–Crippen MR) is 155 cm³/mol. The summed E-state index contributed by atoms with van der Waals surface area (Å²) in [6.45, 7) is 1.31. The fourth-order valence-electron chi connectivity index (χ4n) is 4.19. The van der Waals surface area contributed by atoms with Gasteiger partial charge >= 0.3 is 0 Å². The van der Waals surface area contributed by atoms with Crippen LogP contribution in [0.1, 0.15) is 39.6 Å². The van der Waals surface area contributed by atoms with Gasteiger partial charge in [-0.3, -0.25) is 4.79 Å². The van der Waals surface area contributed by atoms with Crippen molar-refractivity contribution in [3.63, 3.8) is 0 Å². The molecule has 40 heavy (non-hydrogen) atoms. The highest BCUT2D eigenvalue weighted by Gasteiger charge is 2.21. The van der Waals surface area contributed by atoms with Crippen LogP contribution in [0.15, 0.2) is 107 Å². The molecular formula is C31H31ClN2O5S. The molecule has 1 amide bonds. The molecule has 4 N–H and O–H groups in total. The number of ether oxygens (including phenoxy) is 1. The van der Waals surface area contributed by atoms with Crippen LogP contribution in [0.25, 0.3) is 0 Å². The second-order valence-electron chi connectivity index (χ2n) is 9.32. The Bertz CT molecular complexity index is 1540.